The average Bonchev–Trinajstić information content (AvgIpc) is 2.95. The molecule has 4 fully saturated rings. The molecule has 5 rings (SSSR count). The van der Waals surface area contributed by atoms with E-state index in [9.17, 15) is 14.9 Å². The number of carbonyl (C=O) groups excluding carboxylic acids is 1. The van der Waals surface area contributed by atoms with E-state index in [1.807, 2.05) is 0 Å². The van der Waals surface area contributed by atoms with Gasteiger partial charge in [0.05, 0.1) is 16.6 Å². The highest BCUT2D eigenvalue weighted by molar-refractivity contribution is 7.13. The van der Waals surface area contributed by atoms with Crippen molar-refractivity contribution in [2.75, 3.05) is 0 Å². The summed E-state index contributed by atoms with van der Waals surface area (Å²) in [7, 11) is 0. The summed E-state index contributed by atoms with van der Waals surface area (Å²) in [6, 6.07) is 1.46. The van der Waals surface area contributed by atoms with E-state index in [0.717, 1.165) is 48.4 Å². The molecule has 23 heavy (non-hydrogen) atoms. The Hall–Kier alpha value is -1.76. The smallest absolute Gasteiger partial charge is 0.273 e. The molecule has 4 saturated carbocycles. The predicted molar refractivity (Wildman–Crippen MR) is 87.3 cm³/mol. The third-order valence-electron chi connectivity index (χ3n) is 5.69. The lowest BCUT2D eigenvalue weighted by molar-refractivity contribution is -0.380. The molecule has 1 aromatic rings. The van der Waals surface area contributed by atoms with E-state index in [2.05, 4.69) is 10.5 Å². The zero-order valence-electron chi connectivity index (χ0n) is 12.7. The molecule has 4 aliphatic rings. The number of thiophene rings is 1. The molecule has 1 N–H and O–H groups in total. The molecule has 0 spiro atoms. The van der Waals surface area contributed by atoms with Gasteiger partial charge in [0, 0.05) is 17.0 Å². The van der Waals surface area contributed by atoms with E-state index >= 15 is 0 Å². The standard InChI is InChI=1S/C16H19N3O3S/c20-15(18-17-8-13-4-14(19(21)22)23-9-13)16-5-10-1-11(6-16)3-12(2-10)7-16/h4,8-12H,1-3,5-7H2,(H,18,20)/b17-8-. The molecular weight excluding hydrogens is 314 g/mol. The van der Waals surface area contributed by atoms with Crippen molar-refractivity contribution in [1.82, 2.24) is 5.43 Å². The molecule has 6 nitrogen and oxygen atoms in total. The number of hydrazone groups is 1. The van der Waals surface area contributed by atoms with Gasteiger partial charge in [0.15, 0.2) is 0 Å². The maximum atomic E-state index is 12.7. The number of nitrogens with one attached hydrogen (secondary N) is 1. The zero-order chi connectivity index (χ0) is 16.0. The molecule has 7 heteroatoms. The van der Waals surface area contributed by atoms with E-state index in [1.165, 1.54) is 31.5 Å². The third-order valence-corrected chi connectivity index (χ3v) is 6.58. The maximum Gasteiger partial charge on any atom is 0.324 e. The molecule has 1 amide bonds. The van der Waals surface area contributed by atoms with Gasteiger partial charge in [-0.2, -0.15) is 5.10 Å². The van der Waals surface area contributed by atoms with Crippen molar-refractivity contribution in [2.24, 2.45) is 28.3 Å². The van der Waals surface area contributed by atoms with Crippen molar-refractivity contribution >= 4 is 28.5 Å². The minimum absolute atomic E-state index is 0.0394. The van der Waals surface area contributed by atoms with Gasteiger partial charge in [-0.3, -0.25) is 14.9 Å². The molecule has 0 radical (unpaired) electrons. The normalized spacial score (nSPS) is 34.9. The van der Waals surface area contributed by atoms with Gasteiger partial charge in [-0.05, 0) is 56.3 Å². The van der Waals surface area contributed by atoms with Gasteiger partial charge in [0.2, 0.25) is 5.91 Å². The second-order valence-electron chi connectivity index (χ2n) is 7.37. The Balaban J connectivity index is 1.42. The number of hydrogen-bond donors (Lipinski definition) is 1. The Morgan fingerprint density at radius 1 is 1.30 bits per heavy atom. The number of rotatable bonds is 4. The van der Waals surface area contributed by atoms with Crippen molar-refractivity contribution in [3.63, 3.8) is 0 Å². The molecule has 1 aromatic heterocycles. The van der Waals surface area contributed by atoms with Gasteiger partial charge >= 0.3 is 5.00 Å². The molecule has 4 bridgehead atoms. The Labute approximate surface area is 138 Å². The summed E-state index contributed by atoms with van der Waals surface area (Å²) in [4.78, 5) is 22.9. The number of nitrogens with zero attached hydrogens (tertiary/aromatic N) is 2. The van der Waals surface area contributed by atoms with Crippen LogP contribution in [-0.4, -0.2) is 17.0 Å². The fourth-order valence-electron chi connectivity index (χ4n) is 5.18. The van der Waals surface area contributed by atoms with Crippen LogP contribution in [0.4, 0.5) is 5.00 Å². The van der Waals surface area contributed by atoms with Crippen LogP contribution in [-0.2, 0) is 4.79 Å². The SMILES string of the molecule is O=C(N/N=C\c1csc([N+](=O)[O-])c1)C12CC3CC(CC(C3)C1)C2. The molecule has 0 aromatic carbocycles. The van der Waals surface area contributed by atoms with Crippen LogP contribution < -0.4 is 5.43 Å². The average molecular weight is 333 g/mol. The fourth-order valence-corrected chi connectivity index (χ4v) is 5.85. The van der Waals surface area contributed by atoms with Gasteiger partial charge in [-0.25, -0.2) is 5.43 Å². The Morgan fingerprint density at radius 2 is 1.91 bits per heavy atom. The van der Waals surface area contributed by atoms with Crippen LogP contribution in [0.5, 0.6) is 0 Å². The summed E-state index contributed by atoms with van der Waals surface area (Å²) in [5.74, 6) is 2.19. The Kier molecular flexibility index (Phi) is 3.48. The Bertz CT molecular complexity index is 647. The first kappa shape index (κ1) is 14.8. The first-order chi connectivity index (χ1) is 11.0. The van der Waals surface area contributed by atoms with Crippen molar-refractivity contribution in [3.8, 4) is 0 Å². The quantitative estimate of drug-likeness (QED) is 0.521. The monoisotopic (exact) mass is 333 g/mol. The highest BCUT2D eigenvalue weighted by Crippen LogP contribution is 2.60. The molecule has 0 unspecified atom stereocenters. The van der Waals surface area contributed by atoms with Crippen LogP contribution in [0.15, 0.2) is 16.5 Å². The molecule has 122 valence electrons. The zero-order valence-corrected chi connectivity index (χ0v) is 13.6. The van der Waals surface area contributed by atoms with Gasteiger partial charge in [0.25, 0.3) is 0 Å². The van der Waals surface area contributed by atoms with E-state index in [-0.39, 0.29) is 16.3 Å². The van der Waals surface area contributed by atoms with Crippen LogP contribution in [0.3, 0.4) is 0 Å². The number of carbonyl (C=O) groups is 1. The van der Waals surface area contributed by atoms with Gasteiger partial charge in [0.1, 0.15) is 0 Å². The molecule has 0 aliphatic heterocycles. The van der Waals surface area contributed by atoms with Crippen LogP contribution in [0.25, 0.3) is 0 Å². The van der Waals surface area contributed by atoms with Crippen molar-refractivity contribution in [3.05, 3.63) is 27.1 Å². The minimum Gasteiger partial charge on any atom is -0.273 e. The highest BCUT2D eigenvalue weighted by atomic mass is 32.1. The molecule has 0 atom stereocenters. The van der Waals surface area contributed by atoms with Crippen LogP contribution in [0.2, 0.25) is 0 Å². The van der Waals surface area contributed by atoms with E-state index < -0.39 is 4.92 Å². The molecular formula is C16H19N3O3S. The molecule has 0 saturated heterocycles. The second-order valence-corrected chi connectivity index (χ2v) is 8.26. The molecule has 1 heterocycles. The summed E-state index contributed by atoms with van der Waals surface area (Å²) in [5.41, 5.74) is 3.12. The van der Waals surface area contributed by atoms with Crippen LogP contribution in [0, 0.1) is 33.3 Å². The minimum atomic E-state index is -0.421. The first-order valence-corrected chi connectivity index (χ1v) is 8.98. The van der Waals surface area contributed by atoms with E-state index in [4.69, 9.17) is 0 Å². The lowest BCUT2D eigenvalue weighted by atomic mass is 9.49. The predicted octanol–water partition coefficient (Wildman–Crippen LogP) is 3.32. The van der Waals surface area contributed by atoms with Crippen molar-refractivity contribution in [1.29, 1.82) is 0 Å². The number of amides is 1. The Morgan fingerprint density at radius 3 is 2.43 bits per heavy atom. The van der Waals surface area contributed by atoms with Crippen LogP contribution in [0.1, 0.15) is 44.1 Å². The summed E-state index contributed by atoms with van der Waals surface area (Å²) >= 11 is 1.06. The number of nitro groups is 1. The topological polar surface area (TPSA) is 84.6 Å². The fraction of sp³-hybridized carbons (Fsp3) is 0.625. The largest absolute Gasteiger partial charge is 0.324 e. The lowest BCUT2D eigenvalue weighted by Crippen LogP contribution is -2.52. The number of hydrogen-bond acceptors (Lipinski definition) is 5. The van der Waals surface area contributed by atoms with Gasteiger partial charge < -0.3 is 0 Å². The van der Waals surface area contributed by atoms with E-state index in [0.29, 0.717) is 5.56 Å². The first-order valence-electron chi connectivity index (χ1n) is 8.10. The van der Waals surface area contributed by atoms with Gasteiger partial charge in [-0.15, -0.1) is 0 Å². The summed E-state index contributed by atoms with van der Waals surface area (Å²) in [6.07, 6.45) is 8.40. The summed E-state index contributed by atoms with van der Waals surface area (Å²) in [6.45, 7) is 0. The summed E-state index contributed by atoms with van der Waals surface area (Å²) < 4.78 is 0. The molecule has 4 aliphatic carbocycles. The summed E-state index contributed by atoms with van der Waals surface area (Å²) in [5, 5.41) is 16.4. The third kappa shape index (κ3) is 2.67. The van der Waals surface area contributed by atoms with E-state index in [1.54, 1.807) is 5.38 Å². The van der Waals surface area contributed by atoms with Gasteiger partial charge in [-0.1, -0.05) is 11.3 Å². The second kappa shape index (κ2) is 5.40. The van der Waals surface area contributed by atoms with Crippen molar-refractivity contribution in [2.45, 2.75) is 38.5 Å². The lowest BCUT2D eigenvalue weighted by Gasteiger charge is -2.55. The highest BCUT2D eigenvalue weighted by Gasteiger charge is 2.54. The maximum absolute atomic E-state index is 12.7. The van der Waals surface area contributed by atoms with Crippen molar-refractivity contribution < 1.29 is 9.72 Å². The van der Waals surface area contributed by atoms with Crippen LogP contribution >= 0.6 is 11.3 Å².